The first-order valence-corrected chi connectivity index (χ1v) is 8.72. The summed E-state index contributed by atoms with van der Waals surface area (Å²) in [7, 11) is 1.30. The maximum atomic E-state index is 12.6. The van der Waals surface area contributed by atoms with Crippen LogP contribution in [0.3, 0.4) is 0 Å². The summed E-state index contributed by atoms with van der Waals surface area (Å²) in [5.74, 6) is -0.539. The maximum Gasteiger partial charge on any atom is 0.305 e. The summed E-state index contributed by atoms with van der Waals surface area (Å²) in [6, 6.07) is 9.03. The highest BCUT2D eigenvalue weighted by Gasteiger charge is 2.17. The average molecular weight is 391 g/mol. The van der Waals surface area contributed by atoms with Crippen LogP contribution in [0.4, 0.5) is 0 Å². The van der Waals surface area contributed by atoms with E-state index in [1.165, 1.54) is 7.11 Å². The predicted molar refractivity (Wildman–Crippen MR) is 101 cm³/mol. The lowest BCUT2D eigenvalue weighted by Gasteiger charge is -2.05. The smallest absolute Gasteiger partial charge is 0.305 e. The molecule has 134 valence electrons. The van der Waals surface area contributed by atoms with Gasteiger partial charge in [-0.25, -0.2) is 4.98 Å². The molecule has 26 heavy (non-hydrogen) atoms. The Morgan fingerprint density at radius 3 is 2.65 bits per heavy atom. The summed E-state index contributed by atoms with van der Waals surface area (Å²) < 4.78 is 6.56. The predicted octanol–water partition coefficient (Wildman–Crippen LogP) is 4.53. The number of aromatic nitrogens is 2. The molecule has 0 radical (unpaired) electrons. The van der Waals surface area contributed by atoms with Crippen LogP contribution in [-0.4, -0.2) is 28.4 Å². The molecule has 0 spiro atoms. The van der Waals surface area contributed by atoms with Crippen molar-refractivity contribution in [2.45, 2.75) is 19.4 Å². The molecule has 0 saturated carbocycles. The Balaban J connectivity index is 1.95. The highest BCUT2D eigenvalue weighted by Crippen LogP contribution is 2.27. The third-order valence-electron chi connectivity index (χ3n) is 4.07. The molecule has 0 aliphatic heterocycles. The van der Waals surface area contributed by atoms with Crippen LogP contribution in [-0.2, 0) is 16.1 Å². The fourth-order valence-corrected chi connectivity index (χ4v) is 3.06. The molecule has 0 aliphatic carbocycles. The van der Waals surface area contributed by atoms with Gasteiger partial charge in [0.2, 0.25) is 0 Å². The number of halogens is 2. The maximum absolute atomic E-state index is 12.6. The molecule has 2 heterocycles. The number of nitrogens with zero attached hydrogens (tertiary/aromatic N) is 2. The third-order valence-corrected chi connectivity index (χ3v) is 4.53. The van der Waals surface area contributed by atoms with Gasteiger partial charge in [-0.1, -0.05) is 29.3 Å². The number of Topliss-reactive ketones (excluding diaryl/α,β-unsaturated/α-hetero) is 1. The minimum Gasteiger partial charge on any atom is -0.469 e. The van der Waals surface area contributed by atoms with Gasteiger partial charge in [0.15, 0.2) is 5.78 Å². The number of carbonyl (C=O) groups is 2. The van der Waals surface area contributed by atoms with Gasteiger partial charge in [-0.2, -0.15) is 0 Å². The van der Waals surface area contributed by atoms with Crippen molar-refractivity contribution in [1.29, 1.82) is 0 Å². The Kier molecular flexibility index (Phi) is 5.59. The normalized spacial score (nSPS) is 10.9. The molecule has 0 N–H and O–H groups in total. The second kappa shape index (κ2) is 7.89. The van der Waals surface area contributed by atoms with E-state index >= 15 is 0 Å². The Hall–Kier alpha value is -2.37. The zero-order chi connectivity index (χ0) is 18.7. The van der Waals surface area contributed by atoms with Crippen molar-refractivity contribution in [3.63, 3.8) is 0 Å². The number of benzene rings is 1. The molecule has 5 nitrogen and oxygen atoms in total. The standard InChI is InChI=1S/C19H16Cl2N2O3/c1-26-19(25)7-5-17(24)15-11-23(10-12-2-6-18(21)22-9-12)16-4-3-13(20)8-14(15)16/h2-4,6,8-9,11H,5,7,10H2,1H3. The number of methoxy groups -OCH3 is 1. The fourth-order valence-electron chi connectivity index (χ4n) is 2.77. The van der Waals surface area contributed by atoms with Gasteiger partial charge in [0, 0.05) is 46.8 Å². The molecule has 0 atom stereocenters. The zero-order valence-electron chi connectivity index (χ0n) is 14.0. The Morgan fingerprint density at radius 2 is 1.96 bits per heavy atom. The first kappa shape index (κ1) is 18.4. The van der Waals surface area contributed by atoms with E-state index in [-0.39, 0.29) is 18.6 Å². The Morgan fingerprint density at radius 1 is 1.15 bits per heavy atom. The van der Waals surface area contributed by atoms with Gasteiger partial charge in [-0.05, 0) is 29.8 Å². The van der Waals surface area contributed by atoms with E-state index in [9.17, 15) is 9.59 Å². The topological polar surface area (TPSA) is 61.2 Å². The van der Waals surface area contributed by atoms with E-state index in [2.05, 4.69) is 9.72 Å². The van der Waals surface area contributed by atoms with Crippen LogP contribution in [0.5, 0.6) is 0 Å². The fraction of sp³-hybridized carbons (Fsp3) is 0.211. The van der Waals surface area contributed by atoms with Crippen LogP contribution in [0.15, 0.2) is 42.7 Å². The number of pyridine rings is 1. The summed E-state index contributed by atoms with van der Waals surface area (Å²) in [6.07, 6.45) is 3.61. The van der Waals surface area contributed by atoms with Crippen molar-refractivity contribution >= 4 is 45.9 Å². The van der Waals surface area contributed by atoms with Crippen molar-refractivity contribution in [2.75, 3.05) is 7.11 Å². The molecule has 0 amide bonds. The first-order chi connectivity index (χ1) is 12.5. The van der Waals surface area contributed by atoms with Crippen molar-refractivity contribution in [1.82, 2.24) is 9.55 Å². The van der Waals surface area contributed by atoms with E-state index < -0.39 is 5.97 Å². The van der Waals surface area contributed by atoms with Gasteiger partial charge in [0.05, 0.1) is 13.5 Å². The molecule has 0 unspecified atom stereocenters. The Bertz CT molecular complexity index is 965. The number of esters is 1. The summed E-state index contributed by atoms with van der Waals surface area (Å²) in [4.78, 5) is 28.0. The number of ether oxygens (including phenoxy) is 1. The van der Waals surface area contributed by atoms with Gasteiger partial charge in [-0.3, -0.25) is 9.59 Å². The summed E-state index contributed by atoms with van der Waals surface area (Å²) in [5.41, 5.74) is 2.37. The largest absolute Gasteiger partial charge is 0.469 e. The number of fused-ring (bicyclic) bond motifs is 1. The van der Waals surface area contributed by atoms with Crippen LogP contribution in [0.25, 0.3) is 10.9 Å². The summed E-state index contributed by atoms with van der Waals surface area (Å²) in [6.45, 7) is 0.534. The van der Waals surface area contributed by atoms with Crippen molar-refractivity contribution in [3.05, 3.63) is 64.0 Å². The number of hydrogen-bond donors (Lipinski definition) is 0. The first-order valence-electron chi connectivity index (χ1n) is 7.97. The van der Waals surface area contributed by atoms with Crippen molar-refractivity contribution in [2.24, 2.45) is 0 Å². The van der Waals surface area contributed by atoms with E-state index in [1.807, 2.05) is 16.7 Å². The second-order valence-electron chi connectivity index (χ2n) is 5.82. The van der Waals surface area contributed by atoms with Crippen LogP contribution in [0.2, 0.25) is 10.2 Å². The highest BCUT2D eigenvalue weighted by molar-refractivity contribution is 6.31. The van der Waals surface area contributed by atoms with Crippen molar-refractivity contribution < 1.29 is 14.3 Å². The molecule has 1 aromatic carbocycles. The quantitative estimate of drug-likeness (QED) is 0.352. The minimum absolute atomic E-state index is 0.0453. The molecule has 7 heteroatoms. The van der Waals surface area contributed by atoms with Gasteiger partial charge in [0.1, 0.15) is 5.15 Å². The van der Waals surface area contributed by atoms with Gasteiger partial charge in [0.25, 0.3) is 0 Å². The summed E-state index contributed by atoms with van der Waals surface area (Å²) in [5, 5.41) is 1.73. The molecule has 0 bridgehead atoms. The molecule has 3 rings (SSSR count). The second-order valence-corrected chi connectivity index (χ2v) is 6.64. The van der Waals surface area contributed by atoms with Gasteiger partial charge < -0.3 is 9.30 Å². The lowest BCUT2D eigenvalue weighted by Crippen LogP contribution is -2.06. The average Bonchev–Trinajstić information content (AvgIpc) is 2.98. The number of rotatable bonds is 6. The Labute approximate surface area is 160 Å². The van der Waals surface area contributed by atoms with Crippen LogP contribution in [0, 0.1) is 0 Å². The number of hydrogen-bond acceptors (Lipinski definition) is 4. The minimum atomic E-state index is -0.410. The van der Waals surface area contributed by atoms with E-state index in [0.717, 1.165) is 16.5 Å². The molecule has 3 aromatic rings. The molecule has 0 fully saturated rings. The number of carbonyl (C=O) groups excluding carboxylic acids is 2. The lowest BCUT2D eigenvalue weighted by molar-refractivity contribution is -0.140. The zero-order valence-corrected chi connectivity index (χ0v) is 15.5. The molecule has 2 aromatic heterocycles. The van der Waals surface area contributed by atoms with E-state index in [1.54, 1.807) is 30.6 Å². The van der Waals surface area contributed by atoms with E-state index in [4.69, 9.17) is 23.2 Å². The third kappa shape index (κ3) is 4.06. The van der Waals surface area contributed by atoms with Crippen LogP contribution in [0.1, 0.15) is 28.8 Å². The molecule has 0 aliphatic rings. The highest BCUT2D eigenvalue weighted by atomic mass is 35.5. The number of ketones is 1. The summed E-state index contributed by atoms with van der Waals surface area (Å²) >= 11 is 11.9. The van der Waals surface area contributed by atoms with Gasteiger partial charge >= 0.3 is 5.97 Å². The van der Waals surface area contributed by atoms with Crippen LogP contribution >= 0.6 is 23.2 Å². The molecule has 0 saturated heterocycles. The van der Waals surface area contributed by atoms with Crippen molar-refractivity contribution in [3.8, 4) is 0 Å². The van der Waals surface area contributed by atoms with Gasteiger partial charge in [-0.15, -0.1) is 0 Å². The van der Waals surface area contributed by atoms with E-state index in [0.29, 0.717) is 22.3 Å². The van der Waals surface area contributed by atoms with Crippen LogP contribution < -0.4 is 0 Å². The molecular formula is C19H16Cl2N2O3. The lowest BCUT2D eigenvalue weighted by atomic mass is 10.1. The SMILES string of the molecule is COC(=O)CCC(=O)c1cn(Cc2ccc(Cl)nc2)c2ccc(Cl)cc12. The molecular weight excluding hydrogens is 375 g/mol. The monoisotopic (exact) mass is 390 g/mol.